The van der Waals surface area contributed by atoms with E-state index in [2.05, 4.69) is 24.5 Å². The topological polar surface area (TPSA) is 61.4 Å². The van der Waals surface area contributed by atoms with Crippen LogP contribution in [0, 0.1) is 5.41 Å². The van der Waals surface area contributed by atoms with Gasteiger partial charge in [-0.25, -0.2) is 0 Å². The number of amides is 2. The third-order valence-corrected chi connectivity index (χ3v) is 4.38. The minimum atomic E-state index is -0.305. The van der Waals surface area contributed by atoms with Crippen molar-refractivity contribution in [2.75, 3.05) is 19.6 Å². The maximum absolute atomic E-state index is 12.8. The summed E-state index contributed by atoms with van der Waals surface area (Å²) in [5.41, 5.74) is -0.0401. The van der Waals surface area contributed by atoms with Crippen LogP contribution < -0.4 is 10.6 Å². The molecule has 2 amide bonds. The highest BCUT2D eigenvalue weighted by Crippen LogP contribution is 2.31. The lowest BCUT2D eigenvalue weighted by molar-refractivity contribution is -0.147. The van der Waals surface area contributed by atoms with Crippen LogP contribution in [0.5, 0.6) is 0 Å². The molecule has 5 nitrogen and oxygen atoms in total. The second-order valence-electron chi connectivity index (χ2n) is 6.23. The Labute approximate surface area is 115 Å². The van der Waals surface area contributed by atoms with Crippen molar-refractivity contribution in [2.24, 2.45) is 5.41 Å². The van der Waals surface area contributed by atoms with E-state index in [1.807, 2.05) is 6.92 Å². The minimum absolute atomic E-state index is 0.0179. The summed E-state index contributed by atoms with van der Waals surface area (Å²) in [6.45, 7) is 8.29. The Morgan fingerprint density at radius 1 is 1.42 bits per heavy atom. The van der Waals surface area contributed by atoms with E-state index in [-0.39, 0.29) is 29.3 Å². The van der Waals surface area contributed by atoms with Gasteiger partial charge in [-0.1, -0.05) is 20.8 Å². The van der Waals surface area contributed by atoms with Crippen molar-refractivity contribution in [1.82, 2.24) is 15.5 Å². The van der Waals surface area contributed by atoms with Gasteiger partial charge < -0.3 is 15.5 Å². The number of piperazine rings is 1. The van der Waals surface area contributed by atoms with E-state index in [0.29, 0.717) is 19.5 Å². The lowest BCUT2D eigenvalue weighted by atomic mass is 9.76. The summed E-state index contributed by atoms with van der Waals surface area (Å²) < 4.78 is 0. The molecule has 108 valence electrons. The van der Waals surface area contributed by atoms with Crippen LogP contribution in [0.15, 0.2) is 0 Å². The van der Waals surface area contributed by atoms with Crippen LogP contribution in [0.2, 0.25) is 0 Å². The Morgan fingerprint density at radius 2 is 2.16 bits per heavy atom. The zero-order valence-electron chi connectivity index (χ0n) is 12.2. The third kappa shape index (κ3) is 2.76. The van der Waals surface area contributed by atoms with E-state index in [4.69, 9.17) is 0 Å². The Balaban J connectivity index is 2.15. The smallest absolute Gasteiger partial charge is 0.242 e. The lowest BCUT2D eigenvalue weighted by Crippen LogP contribution is -2.63. The third-order valence-electron chi connectivity index (χ3n) is 4.38. The molecule has 5 heteroatoms. The molecule has 2 fully saturated rings. The normalized spacial score (nSPS) is 30.9. The fourth-order valence-electron chi connectivity index (χ4n) is 3.18. The Bertz CT molecular complexity index is 368. The Hall–Kier alpha value is -1.10. The molecule has 19 heavy (non-hydrogen) atoms. The van der Waals surface area contributed by atoms with Gasteiger partial charge in [0.05, 0.1) is 6.04 Å². The highest BCUT2D eigenvalue weighted by Gasteiger charge is 2.42. The average molecular weight is 267 g/mol. The van der Waals surface area contributed by atoms with Crippen LogP contribution in [0.4, 0.5) is 0 Å². The molecule has 2 heterocycles. The van der Waals surface area contributed by atoms with Gasteiger partial charge in [0.1, 0.15) is 6.04 Å². The number of rotatable bonds is 2. The van der Waals surface area contributed by atoms with Crippen LogP contribution in [0.1, 0.15) is 40.0 Å². The fourth-order valence-corrected chi connectivity index (χ4v) is 3.18. The largest absolute Gasteiger partial charge is 0.353 e. The van der Waals surface area contributed by atoms with E-state index in [0.717, 1.165) is 19.4 Å². The molecule has 0 aromatic heterocycles. The standard InChI is InChI=1S/C14H25N3O2/c1-4-10-12(18)16-8-9-17(10)13(19)11-14(2,3)6-5-7-15-11/h10-11,15H,4-9H2,1-3H3,(H,16,18). The number of hydrogen-bond acceptors (Lipinski definition) is 3. The molecule has 0 aliphatic carbocycles. The zero-order valence-corrected chi connectivity index (χ0v) is 12.2. The maximum Gasteiger partial charge on any atom is 0.242 e. The summed E-state index contributed by atoms with van der Waals surface area (Å²) >= 11 is 0. The maximum atomic E-state index is 12.8. The second kappa shape index (κ2) is 5.49. The monoisotopic (exact) mass is 267 g/mol. The van der Waals surface area contributed by atoms with Crippen LogP contribution in [-0.4, -0.2) is 48.4 Å². The summed E-state index contributed by atoms with van der Waals surface area (Å²) in [7, 11) is 0. The first kappa shape index (κ1) is 14.3. The van der Waals surface area contributed by atoms with E-state index in [1.165, 1.54) is 0 Å². The van der Waals surface area contributed by atoms with E-state index in [9.17, 15) is 9.59 Å². The quantitative estimate of drug-likeness (QED) is 0.766. The fraction of sp³-hybridized carbons (Fsp3) is 0.857. The molecule has 0 radical (unpaired) electrons. The van der Waals surface area contributed by atoms with E-state index < -0.39 is 0 Å². The predicted octanol–water partition coefficient (Wildman–Crippen LogP) is 0.502. The van der Waals surface area contributed by atoms with Crippen LogP contribution in [0.25, 0.3) is 0 Å². The summed E-state index contributed by atoms with van der Waals surface area (Å²) in [6.07, 6.45) is 2.83. The number of nitrogens with zero attached hydrogens (tertiary/aromatic N) is 1. The Kier molecular flexibility index (Phi) is 4.13. The highest BCUT2D eigenvalue weighted by atomic mass is 16.2. The number of carbonyl (C=O) groups excluding carboxylic acids is 2. The summed E-state index contributed by atoms with van der Waals surface area (Å²) in [6, 6.07) is -0.470. The number of carbonyl (C=O) groups is 2. The molecule has 0 aromatic carbocycles. The summed E-state index contributed by atoms with van der Waals surface area (Å²) in [5, 5.41) is 6.18. The molecular weight excluding hydrogens is 242 g/mol. The van der Waals surface area contributed by atoms with Gasteiger partial charge in [-0.3, -0.25) is 9.59 Å². The lowest BCUT2D eigenvalue weighted by Gasteiger charge is -2.43. The van der Waals surface area contributed by atoms with Gasteiger partial charge in [0, 0.05) is 13.1 Å². The molecule has 0 bridgehead atoms. The molecule has 2 aliphatic rings. The molecule has 0 spiro atoms. The average Bonchev–Trinajstić information content (AvgIpc) is 2.37. The van der Waals surface area contributed by atoms with E-state index >= 15 is 0 Å². The number of piperidine rings is 1. The molecule has 2 rings (SSSR count). The van der Waals surface area contributed by atoms with Crippen molar-refractivity contribution in [3.05, 3.63) is 0 Å². The van der Waals surface area contributed by atoms with Gasteiger partial charge >= 0.3 is 0 Å². The van der Waals surface area contributed by atoms with Gasteiger partial charge in [0.2, 0.25) is 11.8 Å². The molecule has 2 aliphatic heterocycles. The number of hydrogen-bond donors (Lipinski definition) is 2. The molecule has 2 atom stereocenters. The van der Waals surface area contributed by atoms with Crippen molar-refractivity contribution in [2.45, 2.75) is 52.1 Å². The van der Waals surface area contributed by atoms with Crippen molar-refractivity contribution >= 4 is 11.8 Å². The second-order valence-corrected chi connectivity index (χ2v) is 6.23. The minimum Gasteiger partial charge on any atom is -0.353 e. The Morgan fingerprint density at radius 3 is 2.79 bits per heavy atom. The first-order valence-electron chi connectivity index (χ1n) is 7.29. The van der Waals surface area contributed by atoms with E-state index in [1.54, 1.807) is 4.90 Å². The highest BCUT2D eigenvalue weighted by molar-refractivity contribution is 5.91. The van der Waals surface area contributed by atoms with Gasteiger partial charge in [-0.15, -0.1) is 0 Å². The van der Waals surface area contributed by atoms with Crippen LogP contribution in [0.3, 0.4) is 0 Å². The predicted molar refractivity (Wildman–Crippen MR) is 73.6 cm³/mol. The van der Waals surface area contributed by atoms with Crippen molar-refractivity contribution in [3.63, 3.8) is 0 Å². The van der Waals surface area contributed by atoms with Crippen molar-refractivity contribution in [3.8, 4) is 0 Å². The first-order valence-corrected chi connectivity index (χ1v) is 7.29. The summed E-state index contributed by atoms with van der Waals surface area (Å²) in [4.78, 5) is 26.4. The number of nitrogens with one attached hydrogen (secondary N) is 2. The van der Waals surface area contributed by atoms with Crippen LogP contribution >= 0.6 is 0 Å². The molecule has 0 aromatic rings. The zero-order chi connectivity index (χ0) is 14.0. The molecule has 2 saturated heterocycles. The molecule has 2 N–H and O–H groups in total. The first-order chi connectivity index (χ1) is 8.97. The van der Waals surface area contributed by atoms with Gasteiger partial charge in [-0.2, -0.15) is 0 Å². The van der Waals surface area contributed by atoms with Crippen molar-refractivity contribution < 1.29 is 9.59 Å². The molecular formula is C14H25N3O2. The van der Waals surface area contributed by atoms with Gasteiger partial charge in [-0.05, 0) is 31.2 Å². The van der Waals surface area contributed by atoms with Crippen molar-refractivity contribution in [1.29, 1.82) is 0 Å². The van der Waals surface area contributed by atoms with Gasteiger partial charge in [0.15, 0.2) is 0 Å². The SMILES string of the molecule is CCC1C(=O)NCCN1C(=O)C1NCCCC1(C)C. The summed E-state index contributed by atoms with van der Waals surface area (Å²) in [5.74, 6) is 0.0714. The molecule has 2 unspecified atom stereocenters. The van der Waals surface area contributed by atoms with Gasteiger partial charge in [0.25, 0.3) is 0 Å². The van der Waals surface area contributed by atoms with Crippen LogP contribution in [-0.2, 0) is 9.59 Å². The molecule has 0 saturated carbocycles.